The van der Waals surface area contributed by atoms with Gasteiger partial charge in [-0.1, -0.05) is 0 Å². The van der Waals surface area contributed by atoms with Gasteiger partial charge in [-0.25, -0.2) is 4.98 Å². The molecule has 1 heterocycles. The minimum atomic E-state index is -0.273. The van der Waals surface area contributed by atoms with Gasteiger partial charge in [0, 0.05) is 31.5 Å². The lowest BCUT2D eigenvalue weighted by molar-refractivity contribution is 0.0952. The van der Waals surface area contributed by atoms with Crippen LogP contribution in [0.25, 0.3) is 0 Å². The quantitative estimate of drug-likeness (QED) is 0.772. The number of rotatable bonds is 6. The molecule has 21 heavy (non-hydrogen) atoms. The number of aromatic nitrogens is 2. The summed E-state index contributed by atoms with van der Waals surface area (Å²) in [5, 5.41) is 2.80. The predicted octanol–water partition coefficient (Wildman–Crippen LogP) is 0.912. The van der Waals surface area contributed by atoms with E-state index in [1.807, 2.05) is 10.8 Å². The molecule has 0 spiro atoms. The van der Waals surface area contributed by atoms with E-state index in [9.17, 15) is 4.79 Å². The number of ether oxygens (including phenoxy) is 2. The topological polar surface area (TPSA) is 91.4 Å². The van der Waals surface area contributed by atoms with Crippen LogP contribution >= 0.6 is 0 Å². The van der Waals surface area contributed by atoms with Crippen molar-refractivity contribution in [1.29, 1.82) is 0 Å². The average Bonchev–Trinajstić information content (AvgIpc) is 3.00. The Balaban J connectivity index is 2.07. The first kappa shape index (κ1) is 14.7. The van der Waals surface area contributed by atoms with E-state index >= 15 is 0 Å². The minimum Gasteiger partial charge on any atom is -0.497 e. The lowest BCUT2D eigenvalue weighted by atomic mass is 10.1. The third-order valence-corrected chi connectivity index (χ3v) is 3.03. The summed E-state index contributed by atoms with van der Waals surface area (Å²) in [4.78, 5) is 16.1. The van der Waals surface area contributed by atoms with Gasteiger partial charge in [-0.2, -0.15) is 0 Å². The van der Waals surface area contributed by atoms with Crippen LogP contribution in [0.2, 0.25) is 0 Å². The zero-order valence-corrected chi connectivity index (χ0v) is 12.0. The molecule has 0 aliphatic heterocycles. The van der Waals surface area contributed by atoms with Crippen LogP contribution in [0.4, 0.5) is 5.69 Å². The van der Waals surface area contributed by atoms with Crippen LogP contribution in [-0.4, -0.2) is 36.2 Å². The maximum absolute atomic E-state index is 12.2. The summed E-state index contributed by atoms with van der Waals surface area (Å²) in [6.45, 7) is 1.10. The lowest BCUT2D eigenvalue weighted by Crippen LogP contribution is -2.27. The zero-order valence-electron chi connectivity index (χ0n) is 12.0. The Morgan fingerprint density at radius 2 is 2.19 bits per heavy atom. The minimum absolute atomic E-state index is 0.273. The Morgan fingerprint density at radius 1 is 1.38 bits per heavy atom. The zero-order chi connectivity index (χ0) is 15.2. The first-order valence-corrected chi connectivity index (χ1v) is 6.41. The van der Waals surface area contributed by atoms with Crippen LogP contribution in [0, 0.1) is 0 Å². The molecule has 0 radical (unpaired) electrons. The standard InChI is InChI=1S/C14H18N4O3/c1-20-10-7-11(13(15)12(8-10)21-2)14(19)17-4-6-18-5-3-16-9-18/h3,5,7-9H,4,6,15H2,1-2H3,(H,17,19). The Labute approximate surface area is 122 Å². The fourth-order valence-electron chi connectivity index (χ4n) is 1.89. The predicted molar refractivity (Wildman–Crippen MR) is 78.5 cm³/mol. The molecular formula is C14H18N4O3. The second-order valence-electron chi connectivity index (χ2n) is 4.35. The Morgan fingerprint density at radius 3 is 2.81 bits per heavy atom. The molecule has 0 aliphatic rings. The number of carbonyl (C=O) groups excluding carboxylic acids is 1. The summed E-state index contributed by atoms with van der Waals surface area (Å²) in [5.74, 6) is 0.653. The van der Waals surface area contributed by atoms with Crippen molar-refractivity contribution >= 4 is 11.6 Å². The molecule has 7 nitrogen and oxygen atoms in total. The van der Waals surface area contributed by atoms with E-state index < -0.39 is 0 Å². The second kappa shape index (κ2) is 6.65. The third kappa shape index (κ3) is 3.44. The van der Waals surface area contributed by atoms with Gasteiger partial charge in [-0.15, -0.1) is 0 Å². The molecule has 3 N–H and O–H groups in total. The van der Waals surface area contributed by atoms with Crippen LogP contribution < -0.4 is 20.5 Å². The lowest BCUT2D eigenvalue weighted by Gasteiger charge is -2.13. The van der Waals surface area contributed by atoms with Gasteiger partial charge in [0.1, 0.15) is 11.5 Å². The van der Waals surface area contributed by atoms with E-state index in [4.69, 9.17) is 15.2 Å². The molecule has 0 aliphatic carbocycles. The fraction of sp³-hybridized carbons (Fsp3) is 0.286. The summed E-state index contributed by atoms with van der Waals surface area (Å²) in [6, 6.07) is 3.22. The monoisotopic (exact) mass is 290 g/mol. The van der Waals surface area contributed by atoms with E-state index in [1.54, 1.807) is 24.7 Å². The van der Waals surface area contributed by atoms with Crippen molar-refractivity contribution in [3.63, 3.8) is 0 Å². The number of nitrogens with zero attached hydrogens (tertiary/aromatic N) is 2. The van der Waals surface area contributed by atoms with E-state index in [0.29, 0.717) is 35.8 Å². The molecule has 112 valence electrons. The van der Waals surface area contributed by atoms with Crippen LogP contribution in [-0.2, 0) is 6.54 Å². The smallest absolute Gasteiger partial charge is 0.253 e. The van der Waals surface area contributed by atoms with Crippen molar-refractivity contribution in [2.45, 2.75) is 6.54 Å². The maximum atomic E-state index is 12.2. The Kier molecular flexibility index (Phi) is 4.65. The molecule has 0 atom stereocenters. The number of amides is 1. The molecular weight excluding hydrogens is 272 g/mol. The fourth-order valence-corrected chi connectivity index (χ4v) is 1.89. The van der Waals surface area contributed by atoms with E-state index in [-0.39, 0.29) is 5.91 Å². The summed E-state index contributed by atoms with van der Waals surface area (Å²) < 4.78 is 12.2. The molecule has 0 fully saturated rings. The van der Waals surface area contributed by atoms with Gasteiger partial charge in [0.25, 0.3) is 5.91 Å². The van der Waals surface area contributed by atoms with Crippen molar-refractivity contribution in [3.05, 3.63) is 36.4 Å². The molecule has 0 saturated carbocycles. The van der Waals surface area contributed by atoms with Gasteiger partial charge in [0.05, 0.1) is 31.8 Å². The Hall–Kier alpha value is -2.70. The highest BCUT2D eigenvalue weighted by Crippen LogP contribution is 2.30. The first-order valence-electron chi connectivity index (χ1n) is 6.41. The molecule has 0 bridgehead atoms. The van der Waals surface area contributed by atoms with Gasteiger partial charge < -0.3 is 25.1 Å². The van der Waals surface area contributed by atoms with Gasteiger partial charge in [0.2, 0.25) is 0 Å². The molecule has 1 aromatic heterocycles. The molecule has 1 aromatic carbocycles. The number of carbonyl (C=O) groups is 1. The largest absolute Gasteiger partial charge is 0.497 e. The van der Waals surface area contributed by atoms with Crippen molar-refractivity contribution in [1.82, 2.24) is 14.9 Å². The highest BCUT2D eigenvalue weighted by atomic mass is 16.5. The van der Waals surface area contributed by atoms with E-state index in [2.05, 4.69) is 10.3 Å². The number of nitrogens with two attached hydrogens (primary N) is 1. The van der Waals surface area contributed by atoms with Crippen molar-refractivity contribution in [2.75, 3.05) is 26.5 Å². The second-order valence-corrected chi connectivity index (χ2v) is 4.35. The molecule has 7 heteroatoms. The normalized spacial score (nSPS) is 10.2. The van der Waals surface area contributed by atoms with Gasteiger partial charge >= 0.3 is 0 Å². The highest BCUT2D eigenvalue weighted by molar-refractivity contribution is 6.00. The molecule has 1 amide bonds. The summed E-state index contributed by atoms with van der Waals surface area (Å²) >= 11 is 0. The maximum Gasteiger partial charge on any atom is 0.253 e. The molecule has 2 aromatic rings. The van der Waals surface area contributed by atoms with Crippen molar-refractivity contribution in [3.8, 4) is 11.5 Å². The molecule has 0 saturated heterocycles. The first-order chi connectivity index (χ1) is 10.2. The van der Waals surface area contributed by atoms with E-state index in [1.165, 1.54) is 14.2 Å². The number of nitrogens with one attached hydrogen (secondary N) is 1. The summed E-state index contributed by atoms with van der Waals surface area (Å²) in [7, 11) is 3.01. The summed E-state index contributed by atoms with van der Waals surface area (Å²) in [5.41, 5.74) is 6.55. The highest BCUT2D eigenvalue weighted by Gasteiger charge is 2.15. The van der Waals surface area contributed by atoms with Crippen LogP contribution in [0.3, 0.4) is 0 Å². The van der Waals surface area contributed by atoms with Crippen molar-refractivity contribution in [2.24, 2.45) is 0 Å². The number of methoxy groups -OCH3 is 2. The number of anilines is 1. The van der Waals surface area contributed by atoms with Crippen molar-refractivity contribution < 1.29 is 14.3 Å². The van der Waals surface area contributed by atoms with Crippen LogP contribution in [0.1, 0.15) is 10.4 Å². The number of hydrogen-bond donors (Lipinski definition) is 2. The summed E-state index contributed by atoms with van der Waals surface area (Å²) in [6.07, 6.45) is 5.21. The Bertz CT molecular complexity index is 611. The molecule has 0 unspecified atom stereocenters. The third-order valence-electron chi connectivity index (χ3n) is 3.03. The number of imidazole rings is 1. The molecule has 2 rings (SSSR count). The number of hydrogen-bond acceptors (Lipinski definition) is 5. The van der Waals surface area contributed by atoms with Crippen LogP contribution in [0.15, 0.2) is 30.9 Å². The SMILES string of the molecule is COc1cc(OC)c(N)c(C(=O)NCCn2ccnc2)c1. The van der Waals surface area contributed by atoms with Gasteiger partial charge in [-0.05, 0) is 6.07 Å². The van der Waals surface area contributed by atoms with Gasteiger partial charge in [-0.3, -0.25) is 4.79 Å². The van der Waals surface area contributed by atoms with Gasteiger partial charge in [0.15, 0.2) is 0 Å². The van der Waals surface area contributed by atoms with Crippen LogP contribution in [0.5, 0.6) is 11.5 Å². The number of nitrogen functional groups attached to an aromatic ring is 1. The van der Waals surface area contributed by atoms with E-state index in [0.717, 1.165) is 0 Å². The average molecular weight is 290 g/mol. The number of benzene rings is 1.